The minimum Gasteiger partial charge on any atom is -0.396 e. The predicted octanol–water partition coefficient (Wildman–Crippen LogP) is 1.70. The molecule has 0 radical (unpaired) electrons. The van der Waals surface area contributed by atoms with E-state index in [0.717, 1.165) is 0 Å². The minimum absolute atomic E-state index is 0.0730. The van der Waals surface area contributed by atoms with Gasteiger partial charge in [-0.15, -0.1) is 0 Å². The molecule has 13 heavy (non-hydrogen) atoms. The Balaban J connectivity index is 3.02. The van der Waals surface area contributed by atoms with E-state index < -0.39 is 0 Å². The Morgan fingerprint density at radius 3 is 2.77 bits per heavy atom. The van der Waals surface area contributed by atoms with Gasteiger partial charge in [0.2, 0.25) is 0 Å². The number of carbonyl (C=O) groups is 1. The van der Waals surface area contributed by atoms with Crippen LogP contribution in [-0.2, 0) is 0 Å². The maximum atomic E-state index is 11.2. The Morgan fingerprint density at radius 1 is 1.62 bits per heavy atom. The van der Waals surface area contributed by atoms with Crippen molar-refractivity contribution in [1.29, 1.82) is 0 Å². The zero-order valence-electron chi connectivity index (χ0n) is 6.66. The molecule has 1 aromatic carbocycles. The molecule has 5 heteroatoms. The van der Waals surface area contributed by atoms with E-state index in [-0.39, 0.29) is 22.6 Å². The highest BCUT2D eigenvalue weighted by atomic mass is 79.9. The minimum atomic E-state index is -0.0730. The molecule has 0 fully saturated rings. The molecule has 0 saturated heterocycles. The summed E-state index contributed by atoms with van der Waals surface area (Å²) in [5.41, 5.74) is 6.18. The van der Waals surface area contributed by atoms with Gasteiger partial charge in [0.1, 0.15) is 0 Å². The lowest BCUT2D eigenvalue weighted by molar-refractivity contribution is -0.136. The number of alkyl halides is 1. The van der Waals surface area contributed by atoms with Crippen LogP contribution < -0.4 is 10.6 Å². The Morgan fingerprint density at radius 2 is 2.31 bits per heavy atom. The van der Waals surface area contributed by atoms with Gasteiger partial charge in [0.25, 0.3) is 0 Å². The first-order valence-corrected chi connectivity index (χ1v) is 4.61. The summed E-state index contributed by atoms with van der Waals surface area (Å²) < 4.78 is 0. The van der Waals surface area contributed by atoms with Gasteiger partial charge in [-0.05, 0) is 18.2 Å². The van der Waals surface area contributed by atoms with Crippen LogP contribution in [-0.4, -0.2) is 16.4 Å². The zero-order chi connectivity index (χ0) is 9.84. The topological polar surface area (TPSA) is 72.6 Å². The summed E-state index contributed by atoms with van der Waals surface area (Å²) in [5.74, 6) is 0.0716. The second kappa shape index (κ2) is 4.25. The van der Waals surface area contributed by atoms with Gasteiger partial charge in [0.15, 0.2) is 11.5 Å². The molecular formula is C8H8BrNO3. The fourth-order valence-electron chi connectivity index (χ4n) is 0.882. The van der Waals surface area contributed by atoms with Crippen molar-refractivity contribution in [2.24, 2.45) is 0 Å². The fourth-order valence-corrected chi connectivity index (χ4v) is 1.21. The van der Waals surface area contributed by atoms with Crippen LogP contribution in [0, 0.1) is 0 Å². The number of hydrogen-bond acceptors (Lipinski definition) is 4. The van der Waals surface area contributed by atoms with Crippen LogP contribution in [0.5, 0.6) is 5.75 Å². The third-order valence-electron chi connectivity index (χ3n) is 1.55. The maximum Gasteiger partial charge on any atom is 0.187 e. The van der Waals surface area contributed by atoms with Crippen molar-refractivity contribution in [2.45, 2.75) is 0 Å². The smallest absolute Gasteiger partial charge is 0.187 e. The van der Waals surface area contributed by atoms with E-state index in [1.807, 2.05) is 0 Å². The number of ketones is 1. The normalized spacial score (nSPS) is 9.69. The van der Waals surface area contributed by atoms with Gasteiger partial charge >= 0.3 is 0 Å². The molecule has 0 aromatic heterocycles. The predicted molar refractivity (Wildman–Crippen MR) is 52.2 cm³/mol. The summed E-state index contributed by atoms with van der Waals surface area (Å²) in [6.45, 7) is 0. The van der Waals surface area contributed by atoms with Crippen LogP contribution in [0.2, 0.25) is 0 Å². The van der Waals surface area contributed by atoms with Crippen molar-refractivity contribution in [2.75, 3.05) is 11.1 Å². The summed E-state index contributed by atoms with van der Waals surface area (Å²) in [7, 11) is 0. The first-order valence-electron chi connectivity index (χ1n) is 3.49. The van der Waals surface area contributed by atoms with Gasteiger partial charge < -0.3 is 10.6 Å². The average molecular weight is 246 g/mol. The number of carbonyl (C=O) groups excluding carboxylic acids is 1. The molecule has 1 rings (SSSR count). The van der Waals surface area contributed by atoms with E-state index in [9.17, 15) is 4.79 Å². The molecule has 0 aliphatic heterocycles. The number of nitrogens with two attached hydrogens (primary N) is 1. The number of anilines is 1. The van der Waals surface area contributed by atoms with E-state index in [2.05, 4.69) is 20.8 Å². The second-order valence-electron chi connectivity index (χ2n) is 2.40. The third-order valence-corrected chi connectivity index (χ3v) is 2.06. The van der Waals surface area contributed by atoms with Crippen LogP contribution in [0.1, 0.15) is 10.4 Å². The van der Waals surface area contributed by atoms with Crippen LogP contribution >= 0.6 is 15.9 Å². The van der Waals surface area contributed by atoms with E-state index in [1.165, 1.54) is 18.2 Å². The lowest BCUT2D eigenvalue weighted by Gasteiger charge is -2.03. The van der Waals surface area contributed by atoms with Gasteiger partial charge in [-0.2, -0.15) is 0 Å². The highest BCUT2D eigenvalue weighted by Crippen LogP contribution is 2.22. The van der Waals surface area contributed by atoms with Crippen molar-refractivity contribution in [3.05, 3.63) is 23.8 Å². The Bertz CT molecular complexity index is 327. The number of halogens is 1. The molecule has 0 bridgehead atoms. The summed E-state index contributed by atoms with van der Waals surface area (Å²) in [4.78, 5) is 15.1. The van der Waals surface area contributed by atoms with Gasteiger partial charge in [-0.3, -0.25) is 4.79 Å². The lowest BCUT2D eigenvalue weighted by Crippen LogP contribution is -2.02. The van der Waals surface area contributed by atoms with Crippen molar-refractivity contribution in [3.63, 3.8) is 0 Å². The molecule has 70 valence electrons. The first kappa shape index (κ1) is 10.0. The zero-order valence-corrected chi connectivity index (χ0v) is 8.24. The van der Waals surface area contributed by atoms with Crippen LogP contribution in [0.25, 0.3) is 0 Å². The molecule has 3 N–H and O–H groups in total. The fraction of sp³-hybridized carbons (Fsp3) is 0.125. The molecule has 4 nitrogen and oxygen atoms in total. The maximum absolute atomic E-state index is 11.2. The van der Waals surface area contributed by atoms with Gasteiger partial charge in [0, 0.05) is 5.56 Å². The second-order valence-corrected chi connectivity index (χ2v) is 2.96. The molecule has 0 aliphatic rings. The van der Waals surface area contributed by atoms with Crippen molar-refractivity contribution in [1.82, 2.24) is 0 Å². The Kier molecular flexibility index (Phi) is 3.27. The standard InChI is InChI=1S/C8H8BrNO3/c9-4-7(11)5-1-2-8(13-12)6(10)3-5/h1-3,12H,4,10H2. The van der Waals surface area contributed by atoms with Crippen LogP contribution in [0.4, 0.5) is 5.69 Å². The van der Waals surface area contributed by atoms with Crippen molar-refractivity contribution in [3.8, 4) is 5.75 Å². The van der Waals surface area contributed by atoms with Crippen LogP contribution in [0.15, 0.2) is 18.2 Å². The molecule has 1 aromatic rings. The molecule has 0 saturated carbocycles. The lowest BCUT2D eigenvalue weighted by atomic mass is 10.1. The summed E-state index contributed by atoms with van der Waals surface area (Å²) in [5, 5.41) is 8.57. The van der Waals surface area contributed by atoms with E-state index in [1.54, 1.807) is 0 Å². The summed E-state index contributed by atoms with van der Waals surface area (Å²) >= 11 is 3.04. The molecular weight excluding hydrogens is 238 g/mol. The van der Waals surface area contributed by atoms with Crippen LogP contribution in [0.3, 0.4) is 0 Å². The first-order chi connectivity index (χ1) is 6.19. The van der Waals surface area contributed by atoms with E-state index in [0.29, 0.717) is 5.56 Å². The monoisotopic (exact) mass is 245 g/mol. The third kappa shape index (κ3) is 2.19. The number of hydrogen-bond donors (Lipinski definition) is 2. The largest absolute Gasteiger partial charge is 0.396 e. The van der Waals surface area contributed by atoms with Gasteiger partial charge in [0.05, 0.1) is 11.0 Å². The molecule has 0 unspecified atom stereocenters. The quantitative estimate of drug-likeness (QED) is 0.280. The highest BCUT2D eigenvalue weighted by molar-refractivity contribution is 9.09. The van der Waals surface area contributed by atoms with Crippen molar-refractivity contribution >= 4 is 27.4 Å². The number of benzene rings is 1. The van der Waals surface area contributed by atoms with Gasteiger partial charge in [-0.1, -0.05) is 15.9 Å². The SMILES string of the molecule is Nc1cc(C(=O)CBr)ccc1OO. The average Bonchev–Trinajstić information content (AvgIpc) is 2.16. The molecule has 0 spiro atoms. The Labute approximate surface area is 83.4 Å². The Hall–Kier alpha value is -1.07. The van der Waals surface area contributed by atoms with Gasteiger partial charge in [-0.25, -0.2) is 5.26 Å². The molecule has 0 atom stereocenters. The molecule has 0 heterocycles. The van der Waals surface area contributed by atoms with E-state index >= 15 is 0 Å². The van der Waals surface area contributed by atoms with Crippen molar-refractivity contribution < 1.29 is 14.9 Å². The number of nitrogen functional groups attached to an aromatic ring is 1. The number of rotatable bonds is 3. The molecule has 0 amide bonds. The summed E-state index contributed by atoms with van der Waals surface area (Å²) in [6, 6.07) is 4.42. The summed E-state index contributed by atoms with van der Waals surface area (Å²) in [6.07, 6.45) is 0. The number of Topliss-reactive ketones (excluding diaryl/α,β-unsaturated/α-hetero) is 1. The molecule has 0 aliphatic carbocycles. The van der Waals surface area contributed by atoms with E-state index in [4.69, 9.17) is 11.0 Å². The highest BCUT2D eigenvalue weighted by Gasteiger charge is 2.07.